The standard InChI is InChI=1S/C26H28ClN3O3/c1-2-17-12-14-21(15-13-17)30-25(32)22(27)23(26(30)33)28-20-11-7-8-18(16-20)24(31)29-19-9-5-3-4-6-10-19/h7-8,11-16,19,28H,2-6,9-10H2,1H3,(H,29,31). The normalized spacial score (nSPS) is 17.3. The van der Waals surface area contributed by atoms with Crippen LogP contribution in [0.4, 0.5) is 11.4 Å². The quantitative estimate of drug-likeness (QED) is 0.457. The highest BCUT2D eigenvalue weighted by molar-refractivity contribution is 6.53. The van der Waals surface area contributed by atoms with Crippen molar-refractivity contribution in [1.29, 1.82) is 0 Å². The van der Waals surface area contributed by atoms with Gasteiger partial charge in [-0.05, 0) is 55.2 Å². The highest BCUT2D eigenvalue weighted by Crippen LogP contribution is 2.30. The zero-order chi connectivity index (χ0) is 23.4. The fourth-order valence-corrected chi connectivity index (χ4v) is 4.51. The second-order valence-corrected chi connectivity index (χ2v) is 8.90. The molecular weight excluding hydrogens is 438 g/mol. The second kappa shape index (κ2) is 10.2. The van der Waals surface area contributed by atoms with E-state index in [2.05, 4.69) is 10.6 Å². The van der Waals surface area contributed by atoms with E-state index in [4.69, 9.17) is 11.6 Å². The molecule has 0 atom stereocenters. The maximum absolute atomic E-state index is 13.0. The second-order valence-electron chi connectivity index (χ2n) is 8.52. The maximum Gasteiger partial charge on any atom is 0.283 e. The van der Waals surface area contributed by atoms with Gasteiger partial charge in [0, 0.05) is 17.3 Å². The number of anilines is 2. The van der Waals surface area contributed by atoms with Gasteiger partial charge in [-0.3, -0.25) is 14.4 Å². The molecule has 2 aromatic rings. The molecule has 33 heavy (non-hydrogen) atoms. The number of carbonyl (C=O) groups is 3. The molecule has 1 heterocycles. The van der Waals surface area contributed by atoms with E-state index in [1.807, 2.05) is 19.1 Å². The Morgan fingerprint density at radius 2 is 1.70 bits per heavy atom. The molecule has 2 aliphatic rings. The zero-order valence-electron chi connectivity index (χ0n) is 18.7. The summed E-state index contributed by atoms with van der Waals surface area (Å²) in [5, 5.41) is 5.91. The lowest BCUT2D eigenvalue weighted by Crippen LogP contribution is -2.34. The van der Waals surface area contributed by atoms with Gasteiger partial charge in [-0.1, -0.05) is 62.4 Å². The molecule has 1 fully saturated rings. The largest absolute Gasteiger partial charge is 0.350 e. The molecule has 7 heteroatoms. The summed E-state index contributed by atoms with van der Waals surface area (Å²) in [6.45, 7) is 2.03. The maximum atomic E-state index is 13.0. The summed E-state index contributed by atoms with van der Waals surface area (Å²) in [4.78, 5) is 39.6. The molecule has 6 nitrogen and oxygen atoms in total. The van der Waals surface area contributed by atoms with Crippen LogP contribution in [0, 0.1) is 0 Å². The van der Waals surface area contributed by atoms with Crippen molar-refractivity contribution in [3.05, 3.63) is 70.4 Å². The number of aryl methyl sites for hydroxylation is 1. The number of benzene rings is 2. The molecule has 3 amide bonds. The Morgan fingerprint density at radius 1 is 1.00 bits per heavy atom. The Kier molecular flexibility index (Phi) is 7.14. The van der Waals surface area contributed by atoms with Crippen LogP contribution < -0.4 is 15.5 Å². The Bertz CT molecular complexity index is 1090. The molecule has 0 aromatic heterocycles. The third-order valence-corrected chi connectivity index (χ3v) is 6.57. The molecule has 0 radical (unpaired) electrons. The fraction of sp³-hybridized carbons (Fsp3) is 0.346. The number of nitrogens with one attached hydrogen (secondary N) is 2. The Hall–Kier alpha value is -3.12. The van der Waals surface area contributed by atoms with Gasteiger partial charge in [0.05, 0.1) is 5.69 Å². The summed E-state index contributed by atoms with van der Waals surface area (Å²) in [6.07, 6.45) is 7.55. The lowest BCUT2D eigenvalue weighted by molar-refractivity contribution is -0.120. The van der Waals surface area contributed by atoms with Crippen LogP contribution in [0.1, 0.15) is 61.4 Å². The molecule has 0 unspecified atom stereocenters. The Morgan fingerprint density at radius 3 is 2.36 bits per heavy atom. The van der Waals surface area contributed by atoms with E-state index in [1.54, 1.807) is 36.4 Å². The minimum Gasteiger partial charge on any atom is -0.350 e. The van der Waals surface area contributed by atoms with Crippen molar-refractivity contribution < 1.29 is 14.4 Å². The molecular formula is C26H28ClN3O3. The van der Waals surface area contributed by atoms with Gasteiger partial charge >= 0.3 is 0 Å². The first-order chi connectivity index (χ1) is 16.0. The van der Waals surface area contributed by atoms with Gasteiger partial charge in [0.25, 0.3) is 17.7 Å². The number of halogens is 1. The van der Waals surface area contributed by atoms with Crippen molar-refractivity contribution in [3.8, 4) is 0 Å². The van der Waals surface area contributed by atoms with Crippen molar-refractivity contribution in [2.24, 2.45) is 0 Å². The number of nitrogens with zero attached hydrogens (tertiary/aromatic N) is 1. The van der Waals surface area contributed by atoms with Gasteiger partial charge in [0.15, 0.2) is 0 Å². The average Bonchev–Trinajstić information content (AvgIpc) is 3.01. The SMILES string of the molecule is CCc1ccc(N2C(=O)C(Cl)=C(Nc3cccc(C(=O)NC4CCCCCC4)c3)C2=O)cc1. The third-order valence-electron chi connectivity index (χ3n) is 6.21. The van der Waals surface area contributed by atoms with Crippen LogP contribution in [-0.4, -0.2) is 23.8 Å². The number of carbonyl (C=O) groups excluding carboxylic acids is 3. The number of rotatable bonds is 6. The number of hydrogen-bond acceptors (Lipinski definition) is 4. The number of imide groups is 1. The lowest BCUT2D eigenvalue weighted by Gasteiger charge is -2.17. The van der Waals surface area contributed by atoms with E-state index in [-0.39, 0.29) is 22.7 Å². The van der Waals surface area contributed by atoms with Crippen LogP contribution in [0.5, 0.6) is 0 Å². The van der Waals surface area contributed by atoms with E-state index in [0.717, 1.165) is 42.6 Å². The summed E-state index contributed by atoms with van der Waals surface area (Å²) in [5.41, 5.74) is 2.58. The predicted octanol–water partition coefficient (Wildman–Crippen LogP) is 5.14. The third kappa shape index (κ3) is 5.11. The monoisotopic (exact) mass is 465 g/mol. The Balaban J connectivity index is 1.48. The van der Waals surface area contributed by atoms with Gasteiger partial charge in [0.1, 0.15) is 10.7 Å². The zero-order valence-corrected chi connectivity index (χ0v) is 19.5. The van der Waals surface area contributed by atoms with Gasteiger partial charge in [-0.15, -0.1) is 0 Å². The molecule has 2 N–H and O–H groups in total. The van der Waals surface area contributed by atoms with Crippen LogP contribution in [0.25, 0.3) is 0 Å². The molecule has 0 spiro atoms. The molecule has 0 bridgehead atoms. The molecule has 172 valence electrons. The highest BCUT2D eigenvalue weighted by Gasteiger charge is 2.39. The summed E-state index contributed by atoms with van der Waals surface area (Å²) in [5.74, 6) is -1.24. The Labute approximate surface area is 199 Å². The highest BCUT2D eigenvalue weighted by atomic mass is 35.5. The van der Waals surface area contributed by atoms with Crippen LogP contribution in [0.15, 0.2) is 59.3 Å². The molecule has 1 aliphatic heterocycles. The van der Waals surface area contributed by atoms with E-state index < -0.39 is 11.8 Å². The van der Waals surface area contributed by atoms with Gasteiger partial charge in [0.2, 0.25) is 0 Å². The van der Waals surface area contributed by atoms with Crippen LogP contribution in [-0.2, 0) is 16.0 Å². The average molecular weight is 466 g/mol. The molecule has 2 aromatic carbocycles. The fourth-order valence-electron chi connectivity index (χ4n) is 4.30. The first-order valence-corrected chi connectivity index (χ1v) is 11.9. The van der Waals surface area contributed by atoms with Crippen molar-refractivity contribution in [2.45, 2.75) is 57.9 Å². The van der Waals surface area contributed by atoms with Crippen molar-refractivity contribution >= 4 is 40.7 Å². The van der Waals surface area contributed by atoms with Gasteiger partial charge < -0.3 is 10.6 Å². The summed E-state index contributed by atoms with van der Waals surface area (Å²) in [6, 6.07) is 14.3. The minimum absolute atomic E-state index is 0.00237. The molecule has 0 saturated heterocycles. The van der Waals surface area contributed by atoms with Gasteiger partial charge in [-0.2, -0.15) is 0 Å². The van der Waals surface area contributed by atoms with Crippen LogP contribution in [0.2, 0.25) is 0 Å². The van der Waals surface area contributed by atoms with E-state index in [9.17, 15) is 14.4 Å². The summed E-state index contributed by atoms with van der Waals surface area (Å²) in [7, 11) is 0. The predicted molar refractivity (Wildman–Crippen MR) is 130 cm³/mol. The first-order valence-electron chi connectivity index (χ1n) is 11.5. The van der Waals surface area contributed by atoms with E-state index in [0.29, 0.717) is 16.9 Å². The topological polar surface area (TPSA) is 78.5 Å². The van der Waals surface area contributed by atoms with Crippen molar-refractivity contribution in [3.63, 3.8) is 0 Å². The van der Waals surface area contributed by atoms with E-state index >= 15 is 0 Å². The lowest BCUT2D eigenvalue weighted by atomic mass is 10.1. The van der Waals surface area contributed by atoms with Crippen LogP contribution in [0.3, 0.4) is 0 Å². The molecule has 1 aliphatic carbocycles. The molecule has 4 rings (SSSR count). The minimum atomic E-state index is -0.573. The molecule has 1 saturated carbocycles. The summed E-state index contributed by atoms with van der Waals surface area (Å²) >= 11 is 6.25. The number of hydrogen-bond donors (Lipinski definition) is 2. The first kappa shape index (κ1) is 23.1. The van der Waals surface area contributed by atoms with E-state index in [1.165, 1.54) is 12.8 Å². The van der Waals surface area contributed by atoms with Gasteiger partial charge in [-0.25, -0.2) is 4.90 Å². The van der Waals surface area contributed by atoms with Crippen LogP contribution >= 0.6 is 11.6 Å². The number of amides is 3. The van der Waals surface area contributed by atoms with Crippen molar-refractivity contribution in [1.82, 2.24) is 5.32 Å². The smallest absolute Gasteiger partial charge is 0.283 e. The van der Waals surface area contributed by atoms with Crippen molar-refractivity contribution in [2.75, 3.05) is 10.2 Å². The summed E-state index contributed by atoms with van der Waals surface area (Å²) < 4.78 is 0.